The first-order valence-corrected chi connectivity index (χ1v) is 6.59. The summed E-state index contributed by atoms with van der Waals surface area (Å²) in [7, 11) is 0. The second-order valence-corrected chi connectivity index (χ2v) is 5.33. The van der Waals surface area contributed by atoms with Crippen molar-refractivity contribution in [3.8, 4) is 6.07 Å². The molecule has 0 unspecified atom stereocenters. The highest BCUT2D eigenvalue weighted by atomic mass is 35.5. The number of rotatable bonds is 3. The van der Waals surface area contributed by atoms with Crippen LogP contribution in [0.15, 0.2) is 23.6 Å². The van der Waals surface area contributed by atoms with Crippen molar-refractivity contribution >= 4 is 40.2 Å². The lowest BCUT2D eigenvalue weighted by molar-refractivity contribution is 0.629. The SMILES string of the molecule is N#Cc1csc(CNc2cc(Cl)c(F)c(Cl)c2)c1. The Labute approximate surface area is 118 Å². The predicted octanol–water partition coefficient (Wildman–Crippen LogP) is 4.68. The van der Waals surface area contributed by atoms with E-state index in [0.29, 0.717) is 17.8 Å². The smallest absolute Gasteiger partial charge is 0.160 e. The maximum atomic E-state index is 13.2. The molecule has 0 saturated heterocycles. The van der Waals surface area contributed by atoms with Crippen LogP contribution in [0.4, 0.5) is 10.1 Å². The van der Waals surface area contributed by atoms with Crippen LogP contribution in [-0.4, -0.2) is 0 Å². The normalized spacial score (nSPS) is 10.1. The minimum Gasteiger partial charge on any atom is -0.380 e. The number of hydrogen-bond donors (Lipinski definition) is 1. The van der Waals surface area contributed by atoms with E-state index in [4.69, 9.17) is 28.5 Å². The van der Waals surface area contributed by atoms with E-state index in [-0.39, 0.29) is 10.0 Å². The molecule has 0 saturated carbocycles. The predicted molar refractivity (Wildman–Crippen MR) is 72.8 cm³/mol. The van der Waals surface area contributed by atoms with Gasteiger partial charge in [0.2, 0.25) is 0 Å². The highest BCUT2D eigenvalue weighted by Crippen LogP contribution is 2.27. The molecule has 2 nitrogen and oxygen atoms in total. The van der Waals surface area contributed by atoms with Crippen LogP contribution >= 0.6 is 34.5 Å². The number of anilines is 1. The molecule has 0 amide bonds. The first-order valence-electron chi connectivity index (χ1n) is 4.96. The van der Waals surface area contributed by atoms with Gasteiger partial charge in [0.05, 0.1) is 15.6 Å². The quantitative estimate of drug-likeness (QED) is 0.836. The molecule has 92 valence electrons. The van der Waals surface area contributed by atoms with E-state index in [1.807, 2.05) is 0 Å². The van der Waals surface area contributed by atoms with E-state index in [0.717, 1.165) is 4.88 Å². The molecule has 0 aliphatic rings. The molecule has 0 spiro atoms. The molecular formula is C12H7Cl2FN2S. The molecule has 1 N–H and O–H groups in total. The monoisotopic (exact) mass is 300 g/mol. The van der Waals surface area contributed by atoms with Gasteiger partial charge in [-0.15, -0.1) is 11.3 Å². The summed E-state index contributed by atoms with van der Waals surface area (Å²) >= 11 is 12.9. The Balaban J connectivity index is 2.09. The summed E-state index contributed by atoms with van der Waals surface area (Å²) in [5.74, 6) is -0.619. The van der Waals surface area contributed by atoms with Gasteiger partial charge in [0.25, 0.3) is 0 Å². The zero-order chi connectivity index (χ0) is 13.1. The summed E-state index contributed by atoms with van der Waals surface area (Å²) in [4.78, 5) is 1.00. The first-order chi connectivity index (χ1) is 8.60. The molecule has 0 bridgehead atoms. The molecule has 1 aromatic heterocycles. The zero-order valence-electron chi connectivity index (χ0n) is 9.01. The van der Waals surface area contributed by atoms with Crippen molar-refractivity contribution < 1.29 is 4.39 Å². The van der Waals surface area contributed by atoms with Crippen LogP contribution in [0.25, 0.3) is 0 Å². The Morgan fingerprint density at radius 3 is 2.50 bits per heavy atom. The van der Waals surface area contributed by atoms with Gasteiger partial charge in [0.1, 0.15) is 6.07 Å². The van der Waals surface area contributed by atoms with E-state index in [9.17, 15) is 4.39 Å². The molecule has 0 fully saturated rings. The van der Waals surface area contributed by atoms with Gasteiger partial charge in [-0.25, -0.2) is 4.39 Å². The lowest BCUT2D eigenvalue weighted by atomic mass is 10.3. The Kier molecular flexibility index (Phi) is 4.07. The maximum absolute atomic E-state index is 13.2. The number of nitriles is 1. The fourth-order valence-electron chi connectivity index (χ4n) is 1.38. The second kappa shape index (κ2) is 5.57. The van der Waals surface area contributed by atoms with Gasteiger partial charge in [0, 0.05) is 22.5 Å². The Hall–Kier alpha value is -1.28. The van der Waals surface area contributed by atoms with Crippen molar-refractivity contribution in [2.75, 3.05) is 5.32 Å². The van der Waals surface area contributed by atoms with Gasteiger partial charge in [-0.1, -0.05) is 23.2 Å². The van der Waals surface area contributed by atoms with Crippen molar-refractivity contribution in [1.82, 2.24) is 0 Å². The van der Waals surface area contributed by atoms with Crippen molar-refractivity contribution in [3.63, 3.8) is 0 Å². The van der Waals surface area contributed by atoms with E-state index in [1.54, 1.807) is 11.4 Å². The van der Waals surface area contributed by atoms with Gasteiger partial charge in [0.15, 0.2) is 5.82 Å². The summed E-state index contributed by atoms with van der Waals surface area (Å²) < 4.78 is 13.2. The molecule has 1 heterocycles. The Morgan fingerprint density at radius 2 is 1.94 bits per heavy atom. The molecular weight excluding hydrogens is 294 g/mol. The maximum Gasteiger partial charge on any atom is 0.160 e. The standard InChI is InChI=1S/C12H7Cl2FN2S/c13-10-2-8(3-11(14)12(10)15)17-5-9-1-7(4-16)6-18-9/h1-3,6,17H,5H2. The molecule has 0 radical (unpaired) electrons. The number of halogens is 3. The third kappa shape index (κ3) is 2.94. The summed E-state index contributed by atoms with van der Waals surface area (Å²) in [5.41, 5.74) is 1.27. The van der Waals surface area contributed by atoms with Gasteiger partial charge >= 0.3 is 0 Å². The number of benzene rings is 1. The van der Waals surface area contributed by atoms with E-state index in [2.05, 4.69) is 11.4 Å². The van der Waals surface area contributed by atoms with Gasteiger partial charge in [-0.3, -0.25) is 0 Å². The molecule has 0 atom stereocenters. The number of nitrogens with zero attached hydrogens (tertiary/aromatic N) is 1. The average molecular weight is 301 g/mol. The third-order valence-corrected chi connectivity index (χ3v) is 3.72. The fourth-order valence-corrected chi connectivity index (χ4v) is 2.62. The van der Waals surface area contributed by atoms with Gasteiger partial charge < -0.3 is 5.32 Å². The molecule has 0 aliphatic heterocycles. The highest BCUT2D eigenvalue weighted by Gasteiger charge is 2.07. The van der Waals surface area contributed by atoms with Crippen LogP contribution < -0.4 is 5.32 Å². The second-order valence-electron chi connectivity index (χ2n) is 3.52. The van der Waals surface area contributed by atoms with Crippen LogP contribution in [0, 0.1) is 17.1 Å². The number of nitrogens with one attached hydrogen (secondary N) is 1. The largest absolute Gasteiger partial charge is 0.380 e. The fraction of sp³-hybridized carbons (Fsp3) is 0.0833. The molecule has 6 heteroatoms. The van der Waals surface area contributed by atoms with E-state index in [1.165, 1.54) is 23.5 Å². The van der Waals surface area contributed by atoms with Crippen molar-refractivity contribution in [2.45, 2.75) is 6.54 Å². The van der Waals surface area contributed by atoms with Crippen LogP contribution in [-0.2, 0) is 6.54 Å². The van der Waals surface area contributed by atoms with Crippen LogP contribution in [0.1, 0.15) is 10.4 Å². The molecule has 1 aromatic carbocycles. The first kappa shape index (κ1) is 13.2. The van der Waals surface area contributed by atoms with Crippen molar-refractivity contribution in [3.05, 3.63) is 49.9 Å². The minimum absolute atomic E-state index is 0.0195. The molecule has 2 aromatic rings. The summed E-state index contributed by atoms with van der Waals surface area (Å²) in [6, 6.07) is 6.81. The lowest BCUT2D eigenvalue weighted by Crippen LogP contribution is -1.98. The van der Waals surface area contributed by atoms with E-state index < -0.39 is 5.82 Å². The number of thiophene rings is 1. The molecule has 0 aliphatic carbocycles. The lowest BCUT2D eigenvalue weighted by Gasteiger charge is -2.07. The number of hydrogen-bond acceptors (Lipinski definition) is 3. The summed E-state index contributed by atoms with van der Waals surface area (Å²) in [6.45, 7) is 0.532. The minimum atomic E-state index is -0.619. The van der Waals surface area contributed by atoms with E-state index >= 15 is 0 Å². The van der Waals surface area contributed by atoms with Gasteiger partial charge in [-0.2, -0.15) is 5.26 Å². The Bertz CT molecular complexity index is 596. The summed E-state index contributed by atoms with van der Waals surface area (Å²) in [5, 5.41) is 13.5. The zero-order valence-corrected chi connectivity index (χ0v) is 11.3. The average Bonchev–Trinajstić information content (AvgIpc) is 2.81. The topological polar surface area (TPSA) is 35.8 Å². The Morgan fingerprint density at radius 1 is 1.28 bits per heavy atom. The molecule has 18 heavy (non-hydrogen) atoms. The summed E-state index contributed by atoms with van der Waals surface area (Å²) in [6.07, 6.45) is 0. The van der Waals surface area contributed by atoms with Crippen LogP contribution in [0.3, 0.4) is 0 Å². The molecule has 2 rings (SSSR count). The van der Waals surface area contributed by atoms with Crippen molar-refractivity contribution in [1.29, 1.82) is 5.26 Å². The third-order valence-electron chi connectivity index (χ3n) is 2.23. The van der Waals surface area contributed by atoms with Crippen LogP contribution in [0.2, 0.25) is 10.0 Å². The van der Waals surface area contributed by atoms with Gasteiger partial charge in [-0.05, 0) is 18.2 Å². The highest BCUT2D eigenvalue weighted by molar-refractivity contribution is 7.10. The van der Waals surface area contributed by atoms with Crippen LogP contribution in [0.5, 0.6) is 0 Å². The van der Waals surface area contributed by atoms with Crippen molar-refractivity contribution in [2.24, 2.45) is 0 Å².